The average Bonchev–Trinajstić information content (AvgIpc) is 3.14. The Morgan fingerprint density at radius 2 is 1.89 bits per heavy atom. The predicted molar refractivity (Wildman–Crippen MR) is 78.4 cm³/mol. The normalized spacial score (nSPS) is 30.3. The third kappa shape index (κ3) is 1.13. The van der Waals surface area contributed by atoms with E-state index < -0.39 is 0 Å². The molecule has 0 saturated heterocycles. The van der Waals surface area contributed by atoms with Gasteiger partial charge >= 0.3 is 0 Å². The Labute approximate surface area is 113 Å². The molecule has 1 fully saturated rings. The zero-order valence-electron chi connectivity index (χ0n) is 11.2. The minimum atomic E-state index is 0.457. The van der Waals surface area contributed by atoms with Crippen LogP contribution in [0.1, 0.15) is 49.3 Å². The van der Waals surface area contributed by atoms with Crippen LogP contribution in [0.2, 0.25) is 0 Å². The van der Waals surface area contributed by atoms with Gasteiger partial charge in [-0.05, 0) is 36.8 Å². The fraction of sp³-hybridized carbons (Fsp3) is 0.444. The smallest absolute Gasteiger partial charge is 0.0459 e. The van der Waals surface area contributed by atoms with Crippen molar-refractivity contribution in [2.24, 2.45) is 5.92 Å². The first kappa shape index (κ1) is 10.3. The van der Waals surface area contributed by atoms with Crippen LogP contribution in [-0.4, -0.2) is 4.98 Å². The predicted octanol–water partition coefficient (Wildman–Crippen LogP) is 4.65. The SMILES string of the molecule is C1=C[C@H]2C[C@@H]1C1(CCCC1)c1c2[nH]c2ccccc12. The summed E-state index contributed by atoms with van der Waals surface area (Å²) in [7, 11) is 0. The van der Waals surface area contributed by atoms with Gasteiger partial charge in [0, 0.05) is 27.9 Å². The van der Waals surface area contributed by atoms with E-state index in [9.17, 15) is 0 Å². The minimum absolute atomic E-state index is 0.457. The van der Waals surface area contributed by atoms with Gasteiger partial charge < -0.3 is 4.98 Å². The van der Waals surface area contributed by atoms with E-state index in [-0.39, 0.29) is 0 Å². The maximum absolute atomic E-state index is 3.74. The molecule has 1 heteroatoms. The summed E-state index contributed by atoms with van der Waals surface area (Å²) >= 11 is 0. The lowest BCUT2D eigenvalue weighted by atomic mass is 9.63. The van der Waals surface area contributed by atoms with E-state index in [1.807, 2.05) is 0 Å². The molecule has 1 heterocycles. The summed E-state index contributed by atoms with van der Waals surface area (Å²) in [4.78, 5) is 3.74. The standard InChI is InChI=1S/C18H19N/c1-2-6-15-14(5-1)16-17(19-15)12-7-8-13(11-12)18(16)9-3-4-10-18/h1-2,5-8,12-13,19H,3-4,9-11H2/t12-,13+/m0/s1. The fourth-order valence-electron chi connectivity index (χ4n) is 5.11. The number of benzene rings is 1. The van der Waals surface area contributed by atoms with Gasteiger partial charge in [-0.25, -0.2) is 0 Å². The summed E-state index contributed by atoms with van der Waals surface area (Å²) in [6.45, 7) is 0. The third-order valence-electron chi connectivity index (χ3n) is 5.89. The quantitative estimate of drug-likeness (QED) is 0.654. The molecule has 1 spiro atoms. The van der Waals surface area contributed by atoms with Crippen LogP contribution in [0.3, 0.4) is 0 Å². The second kappa shape index (κ2) is 3.33. The molecule has 2 aromatic rings. The molecule has 3 aliphatic rings. The van der Waals surface area contributed by atoms with Crippen molar-refractivity contribution in [3.8, 4) is 0 Å². The Kier molecular flexibility index (Phi) is 1.81. The van der Waals surface area contributed by atoms with Crippen LogP contribution in [0.15, 0.2) is 36.4 Å². The lowest BCUT2D eigenvalue weighted by Crippen LogP contribution is -2.34. The Morgan fingerprint density at radius 3 is 2.79 bits per heavy atom. The summed E-state index contributed by atoms with van der Waals surface area (Å²) in [5.74, 6) is 1.45. The van der Waals surface area contributed by atoms with Crippen molar-refractivity contribution < 1.29 is 0 Å². The average molecular weight is 249 g/mol. The molecule has 96 valence electrons. The molecule has 1 nitrogen and oxygen atoms in total. The van der Waals surface area contributed by atoms with E-state index in [0.29, 0.717) is 11.3 Å². The first-order chi connectivity index (χ1) is 9.38. The van der Waals surface area contributed by atoms with Gasteiger partial charge in [-0.1, -0.05) is 43.2 Å². The van der Waals surface area contributed by atoms with Gasteiger partial charge in [0.25, 0.3) is 0 Å². The van der Waals surface area contributed by atoms with Crippen LogP contribution in [0.25, 0.3) is 10.9 Å². The van der Waals surface area contributed by atoms with E-state index in [2.05, 4.69) is 41.4 Å². The lowest BCUT2D eigenvalue weighted by Gasteiger charge is -2.40. The second-order valence-corrected chi connectivity index (χ2v) is 6.66. The Hall–Kier alpha value is -1.50. The van der Waals surface area contributed by atoms with Crippen molar-refractivity contribution >= 4 is 10.9 Å². The molecule has 3 aliphatic carbocycles. The van der Waals surface area contributed by atoms with Crippen LogP contribution < -0.4 is 0 Å². The Bertz CT molecular complexity index is 685. The highest BCUT2D eigenvalue weighted by atomic mass is 14.8. The number of allylic oxidation sites excluding steroid dienone is 2. The number of hydrogen-bond donors (Lipinski definition) is 1. The molecule has 0 unspecified atom stereocenters. The van der Waals surface area contributed by atoms with Gasteiger partial charge in [-0.15, -0.1) is 0 Å². The number of H-pyrrole nitrogens is 1. The molecule has 1 N–H and O–H groups in total. The third-order valence-corrected chi connectivity index (χ3v) is 5.89. The number of para-hydroxylation sites is 1. The molecular formula is C18H19N. The molecule has 1 aromatic heterocycles. The number of nitrogens with one attached hydrogen (secondary N) is 1. The highest BCUT2D eigenvalue weighted by Crippen LogP contribution is 2.59. The van der Waals surface area contributed by atoms with Crippen LogP contribution in [0.4, 0.5) is 0 Å². The van der Waals surface area contributed by atoms with Gasteiger partial charge in [0.2, 0.25) is 0 Å². The minimum Gasteiger partial charge on any atom is -0.358 e. The van der Waals surface area contributed by atoms with E-state index in [4.69, 9.17) is 0 Å². The van der Waals surface area contributed by atoms with Gasteiger partial charge in [0.1, 0.15) is 0 Å². The number of hydrogen-bond acceptors (Lipinski definition) is 0. The molecule has 0 amide bonds. The first-order valence-electron chi connectivity index (χ1n) is 7.68. The second-order valence-electron chi connectivity index (χ2n) is 6.66. The molecule has 19 heavy (non-hydrogen) atoms. The summed E-state index contributed by atoms with van der Waals surface area (Å²) in [6.07, 6.45) is 11.9. The van der Waals surface area contributed by atoms with Gasteiger partial charge in [0.05, 0.1) is 0 Å². The van der Waals surface area contributed by atoms with Crippen molar-refractivity contribution in [1.82, 2.24) is 4.98 Å². The molecule has 2 atom stereocenters. The molecular weight excluding hydrogens is 230 g/mol. The van der Waals surface area contributed by atoms with Crippen LogP contribution in [0.5, 0.6) is 0 Å². The molecule has 2 bridgehead atoms. The molecule has 5 rings (SSSR count). The lowest BCUT2D eigenvalue weighted by molar-refractivity contribution is 0.293. The monoisotopic (exact) mass is 249 g/mol. The number of fused-ring (bicyclic) bond motifs is 8. The molecule has 0 aliphatic heterocycles. The van der Waals surface area contributed by atoms with Crippen molar-refractivity contribution in [2.45, 2.75) is 43.4 Å². The van der Waals surface area contributed by atoms with E-state index in [1.165, 1.54) is 48.7 Å². The van der Waals surface area contributed by atoms with Crippen LogP contribution >= 0.6 is 0 Å². The van der Waals surface area contributed by atoms with E-state index >= 15 is 0 Å². The topological polar surface area (TPSA) is 15.8 Å². The highest BCUT2D eigenvalue weighted by Gasteiger charge is 2.50. The first-order valence-corrected chi connectivity index (χ1v) is 7.68. The van der Waals surface area contributed by atoms with Gasteiger partial charge in [-0.2, -0.15) is 0 Å². The molecule has 1 aromatic carbocycles. The van der Waals surface area contributed by atoms with Crippen molar-refractivity contribution in [1.29, 1.82) is 0 Å². The zero-order chi connectivity index (χ0) is 12.4. The maximum atomic E-state index is 3.74. The van der Waals surface area contributed by atoms with Crippen molar-refractivity contribution in [3.05, 3.63) is 47.7 Å². The Morgan fingerprint density at radius 1 is 1.05 bits per heavy atom. The van der Waals surface area contributed by atoms with E-state index in [0.717, 1.165) is 5.92 Å². The van der Waals surface area contributed by atoms with E-state index in [1.54, 1.807) is 5.56 Å². The fourth-order valence-corrected chi connectivity index (χ4v) is 5.11. The Balaban J connectivity index is 1.89. The number of aromatic amines is 1. The van der Waals surface area contributed by atoms with Crippen LogP contribution in [-0.2, 0) is 5.41 Å². The summed E-state index contributed by atoms with van der Waals surface area (Å²) in [5.41, 5.74) is 5.03. The van der Waals surface area contributed by atoms with Gasteiger partial charge in [0.15, 0.2) is 0 Å². The highest BCUT2D eigenvalue weighted by molar-refractivity contribution is 5.87. The molecule has 1 saturated carbocycles. The number of aromatic nitrogens is 1. The van der Waals surface area contributed by atoms with Gasteiger partial charge in [-0.3, -0.25) is 0 Å². The largest absolute Gasteiger partial charge is 0.358 e. The summed E-state index contributed by atoms with van der Waals surface area (Å²) in [6, 6.07) is 8.92. The zero-order valence-corrected chi connectivity index (χ0v) is 11.2. The molecule has 0 radical (unpaired) electrons. The maximum Gasteiger partial charge on any atom is 0.0459 e. The summed E-state index contributed by atoms with van der Waals surface area (Å²) < 4.78 is 0. The van der Waals surface area contributed by atoms with Crippen molar-refractivity contribution in [2.75, 3.05) is 0 Å². The van der Waals surface area contributed by atoms with Crippen molar-refractivity contribution in [3.63, 3.8) is 0 Å². The van der Waals surface area contributed by atoms with Crippen LogP contribution in [0, 0.1) is 5.92 Å². The summed E-state index contributed by atoms with van der Waals surface area (Å²) in [5, 5.41) is 1.50. The number of rotatable bonds is 0.